The first-order chi connectivity index (χ1) is 27.5. The lowest BCUT2D eigenvalue weighted by atomic mass is 10.0. The van der Waals surface area contributed by atoms with E-state index in [0.29, 0.717) is 19.3 Å². The van der Waals surface area contributed by atoms with E-state index in [-0.39, 0.29) is 31.1 Å². The Bertz CT molecular complexity index is 870. The van der Waals surface area contributed by atoms with Gasteiger partial charge < -0.3 is 14.2 Å². The zero-order valence-corrected chi connectivity index (χ0v) is 37.7. The second-order valence-corrected chi connectivity index (χ2v) is 16.7. The van der Waals surface area contributed by atoms with E-state index < -0.39 is 6.10 Å². The molecule has 0 aromatic carbocycles. The van der Waals surface area contributed by atoms with Gasteiger partial charge in [0.1, 0.15) is 13.2 Å². The number of hydrogen-bond acceptors (Lipinski definition) is 6. The van der Waals surface area contributed by atoms with Gasteiger partial charge in [0, 0.05) is 19.3 Å². The van der Waals surface area contributed by atoms with Crippen molar-refractivity contribution in [3.8, 4) is 0 Å². The van der Waals surface area contributed by atoms with E-state index in [0.717, 1.165) is 64.2 Å². The van der Waals surface area contributed by atoms with Gasteiger partial charge in [-0.3, -0.25) is 14.4 Å². The van der Waals surface area contributed by atoms with Crippen molar-refractivity contribution >= 4 is 17.9 Å². The molecule has 6 heteroatoms. The third-order valence-corrected chi connectivity index (χ3v) is 11.0. The molecule has 330 valence electrons. The van der Waals surface area contributed by atoms with Crippen molar-refractivity contribution in [1.82, 2.24) is 0 Å². The second kappa shape index (κ2) is 45.8. The molecule has 0 rings (SSSR count). The van der Waals surface area contributed by atoms with Gasteiger partial charge in [0.2, 0.25) is 0 Å². The lowest BCUT2D eigenvalue weighted by Crippen LogP contribution is -2.30. The predicted octanol–water partition coefficient (Wildman–Crippen LogP) is 15.8. The molecule has 0 unspecified atom stereocenters. The van der Waals surface area contributed by atoms with Crippen LogP contribution in [-0.4, -0.2) is 37.2 Å². The monoisotopic (exact) mass is 791 g/mol. The average Bonchev–Trinajstić information content (AvgIpc) is 3.19. The van der Waals surface area contributed by atoms with Crippen LogP contribution in [0.4, 0.5) is 0 Å². The molecule has 0 fully saturated rings. The van der Waals surface area contributed by atoms with Crippen molar-refractivity contribution in [2.24, 2.45) is 0 Å². The normalized spacial score (nSPS) is 12.0. The lowest BCUT2D eigenvalue weighted by Gasteiger charge is -2.18. The van der Waals surface area contributed by atoms with Gasteiger partial charge in [-0.2, -0.15) is 0 Å². The molecule has 0 spiro atoms. The van der Waals surface area contributed by atoms with E-state index in [9.17, 15) is 14.4 Å². The summed E-state index contributed by atoms with van der Waals surface area (Å²) in [5, 5.41) is 0. The van der Waals surface area contributed by atoms with E-state index in [1.54, 1.807) is 0 Å². The summed E-state index contributed by atoms with van der Waals surface area (Å²) in [5.41, 5.74) is 0. The standard InChI is InChI=1S/C50H94O6/c1-4-7-10-13-16-19-22-24-25-26-29-31-34-37-40-43-49(52)55-46-47(45-54-48(51)42-39-36-33-30-27-21-18-15-12-9-6-3)56-50(53)44-41-38-35-32-28-23-20-17-14-11-8-5-2/h24-25,47H,4-23,26-46H2,1-3H3/b25-24-/t47-/m1/s1. The zero-order valence-electron chi connectivity index (χ0n) is 37.7. The molecule has 56 heavy (non-hydrogen) atoms. The van der Waals surface area contributed by atoms with Crippen molar-refractivity contribution in [2.75, 3.05) is 13.2 Å². The summed E-state index contributed by atoms with van der Waals surface area (Å²) < 4.78 is 16.7. The van der Waals surface area contributed by atoms with Gasteiger partial charge in [-0.25, -0.2) is 0 Å². The van der Waals surface area contributed by atoms with Crippen LogP contribution in [0.5, 0.6) is 0 Å². The molecule has 6 nitrogen and oxygen atoms in total. The van der Waals surface area contributed by atoms with Gasteiger partial charge in [0.05, 0.1) is 0 Å². The van der Waals surface area contributed by atoms with E-state index >= 15 is 0 Å². The van der Waals surface area contributed by atoms with Gasteiger partial charge in [-0.1, -0.05) is 219 Å². The van der Waals surface area contributed by atoms with Crippen LogP contribution in [0.2, 0.25) is 0 Å². The largest absolute Gasteiger partial charge is 0.462 e. The Labute approximate surface area is 348 Å². The molecule has 0 radical (unpaired) electrons. The maximum absolute atomic E-state index is 12.7. The van der Waals surface area contributed by atoms with Gasteiger partial charge in [-0.05, 0) is 44.9 Å². The third kappa shape index (κ3) is 43.3. The van der Waals surface area contributed by atoms with E-state index in [1.807, 2.05) is 0 Å². The minimum atomic E-state index is -0.765. The summed E-state index contributed by atoms with van der Waals surface area (Å²) in [6, 6.07) is 0. The predicted molar refractivity (Wildman–Crippen MR) is 238 cm³/mol. The molecule has 0 aliphatic rings. The van der Waals surface area contributed by atoms with Crippen molar-refractivity contribution < 1.29 is 28.6 Å². The summed E-state index contributed by atoms with van der Waals surface area (Å²) >= 11 is 0. The molecule has 0 aromatic heterocycles. The average molecular weight is 791 g/mol. The Morgan fingerprint density at radius 1 is 0.339 bits per heavy atom. The topological polar surface area (TPSA) is 78.9 Å². The Morgan fingerprint density at radius 3 is 0.893 bits per heavy atom. The Hall–Kier alpha value is -1.85. The van der Waals surface area contributed by atoms with Crippen LogP contribution in [0, 0.1) is 0 Å². The lowest BCUT2D eigenvalue weighted by molar-refractivity contribution is -0.167. The van der Waals surface area contributed by atoms with Crippen LogP contribution in [0.3, 0.4) is 0 Å². The Morgan fingerprint density at radius 2 is 0.589 bits per heavy atom. The Kier molecular flexibility index (Phi) is 44.3. The second-order valence-electron chi connectivity index (χ2n) is 16.7. The minimum absolute atomic E-state index is 0.0677. The summed E-state index contributed by atoms with van der Waals surface area (Å²) in [4.78, 5) is 37.8. The molecule has 0 aliphatic heterocycles. The number of carbonyl (C=O) groups is 3. The van der Waals surface area contributed by atoms with Crippen LogP contribution in [0.1, 0.15) is 271 Å². The fourth-order valence-electron chi connectivity index (χ4n) is 7.26. The number of allylic oxidation sites excluding steroid dienone is 2. The molecule has 0 N–H and O–H groups in total. The van der Waals surface area contributed by atoms with Crippen LogP contribution in [0.25, 0.3) is 0 Å². The number of rotatable bonds is 45. The van der Waals surface area contributed by atoms with Crippen LogP contribution >= 0.6 is 0 Å². The first-order valence-electron chi connectivity index (χ1n) is 24.7. The zero-order chi connectivity index (χ0) is 40.8. The number of hydrogen-bond donors (Lipinski definition) is 0. The number of unbranched alkanes of at least 4 members (excludes halogenated alkanes) is 32. The van der Waals surface area contributed by atoms with Crippen molar-refractivity contribution in [1.29, 1.82) is 0 Å². The van der Waals surface area contributed by atoms with Gasteiger partial charge in [-0.15, -0.1) is 0 Å². The fourth-order valence-corrected chi connectivity index (χ4v) is 7.26. The molecule has 0 bridgehead atoms. The maximum atomic E-state index is 12.7. The highest BCUT2D eigenvalue weighted by Crippen LogP contribution is 2.15. The molecular weight excluding hydrogens is 697 g/mol. The van der Waals surface area contributed by atoms with Crippen LogP contribution < -0.4 is 0 Å². The van der Waals surface area contributed by atoms with Crippen LogP contribution in [0.15, 0.2) is 12.2 Å². The first-order valence-corrected chi connectivity index (χ1v) is 24.7. The summed E-state index contributed by atoms with van der Waals surface area (Å²) in [6.07, 6.45) is 49.0. The molecule has 0 aliphatic carbocycles. The highest BCUT2D eigenvalue weighted by Gasteiger charge is 2.19. The van der Waals surface area contributed by atoms with Crippen molar-refractivity contribution in [3.05, 3.63) is 12.2 Å². The molecular formula is C50H94O6. The van der Waals surface area contributed by atoms with E-state index in [4.69, 9.17) is 14.2 Å². The summed E-state index contributed by atoms with van der Waals surface area (Å²) in [7, 11) is 0. The molecule has 0 amide bonds. The van der Waals surface area contributed by atoms with E-state index in [2.05, 4.69) is 32.9 Å². The minimum Gasteiger partial charge on any atom is -0.462 e. The molecule has 0 saturated carbocycles. The van der Waals surface area contributed by atoms with Crippen molar-refractivity contribution in [3.63, 3.8) is 0 Å². The Balaban J connectivity index is 4.33. The summed E-state index contributed by atoms with van der Waals surface area (Å²) in [6.45, 7) is 6.64. The molecule has 1 atom stereocenters. The third-order valence-electron chi connectivity index (χ3n) is 11.0. The SMILES string of the molecule is CCCCCCCC/C=C\CCCCCCCC(=O)OC[C@@H](COC(=O)CCCCCCCCCCCCC)OC(=O)CCCCCCCCCCCCCC. The van der Waals surface area contributed by atoms with Crippen LogP contribution in [-0.2, 0) is 28.6 Å². The summed E-state index contributed by atoms with van der Waals surface area (Å²) in [5.74, 6) is -0.865. The molecule has 0 aromatic rings. The fraction of sp³-hybridized carbons (Fsp3) is 0.900. The van der Waals surface area contributed by atoms with Crippen molar-refractivity contribution in [2.45, 2.75) is 277 Å². The van der Waals surface area contributed by atoms with E-state index in [1.165, 1.54) is 167 Å². The highest BCUT2D eigenvalue weighted by atomic mass is 16.6. The molecule has 0 heterocycles. The quantitative estimate of drug-likeness (QED) is 0.0264. The smallest absolute Gasteiger partial charge is 0.306 e. The maximum Gasteiger partial charge on any atom is 0.306 e. The number of esters is 3. The van der Waals surface area contributed by atoms with Gasteiger partial charge in [0.15, 0.2) is 6.10 Å². The number of carbonyl (C=O) groups excluding carboxylic acids is 3. The highest BCUT2D eigenvalue weighted by molar-refractivity contribution is 5.71. The number of ether oxygens (including phenoxy) is 3. The first kappa shape index (κ1) is 54.2. The molecule has 0 saturated heterocycles. The van der Waals surface area contributed by atoms with Gasteiger partial charge >= 0.3 is 17.9 Å². The van der Waals surface area contributed by atoms with Gasteiger partial charge in [0.25, 0.3) is 0 Å².